The molecule has 0 aliphatic heterocycles. The van der Waals surface area contributed by atoms with E-state index in [1.54, 1.807) is 6.07 Å². The molecule has 0 fully saturated rings. The van der Waals surface area contributed by atoms with Crippen molar-refractivity contribution in [1.82, 2.24) is 0 Å². The first-order chi connectivity index (χ1) is 7.50. The molecular weight excluding hydrogens is 325 g/mol. The Balaban J connectivity index is 2.68. The molecule has 0 saturated heterocycles. The van der Waals surface area contributed by atoms with Gasteiger partial charge in [0, 0.05) is 34.4 Å². The van der Waals surface area contributed by atoms with Gasteiger partial charge in [-0.15, -0.1) is 0 Å². The highest BCUT2D eigenvalue weighted by Gasteiger charge is 2.08. The Morgan fingerprint density at radius 2 is 2.25 bits per heavy atom. The third-order valence-corrected chi connectivity index (χ3v) is 2.74. The van der Waals surface area contributed by atoms with Crippen LogP contribution in [0.1, 0.15) is 6.42 Å². The molecule has 0 unspecified atom stereocenters. The van der Waals surface area contributed by atoms with Gasteiger partial charge in [-0.3, -0.25) is 14.9 Å². The lowest BCUT2D eigenvalue weighted by Crippen LogP contribution is -2.16. The molecule has 0 atom stereocenters. The number of carbonyl (C=O) groups is 1. The maximum atomic E-state index is 10.5. The highest BCUT2D eigenvalue weighted by atomic mass is 127. The highest BCUT2D eigenvalue weighted by molar-refractivity contribution is 14.1. The number of anilines is 1. The molecule has 6 nitrogen and oxygen atoms in total. The van der Waals surface area contributed by atoms with Gasteiger partial charge in [0.15, 0.2) is 0 Å². The number of nitrogens with two attached hydrogens (primary N) is 1. The van der Waals surface area contributed by atoms with Gasteiger partial charge in [0.25, 0.3) is 5.69 Å². The predicted octanol–water partition coefficient (Wildman–Crippen LogP) is 1.49. The average molecular weight is 335 g/mol. The summed E-state index contributed by atoms with van der Waals surface area (Å²) in [4.78, 5) is 20.5. The number of nitrogens with zero attached hydrogens (tertiary/aromatic N) is 1. The fourth-order valence-electron chi connectivity index (χ4n) is 1.08. The lowest BCUT2D eigenvalue weighted by Gasteiger charge is -2.06. The third-order valence-electron chi connectivity index (χ3n) is 1.85. The van der Waals surface area contributed by atoms with Crippen LogP contribution in [0, 0.1) is 13.7 Å². The first-order valence-electron chi connectivity index (χ1n) is 4.47. The molecule has 0 aliphatic carbocycles. The fourth-order valence-corrected chi connectivity index (χ4v) is 1.77. The molecule has 3 N–H and O–H groups in total. The van der Waals surface area contributed by atoms with Crippen LogP contribution in [0.25, 0.3) is 0 Å². The molecule has 1 aromatic carbocycles. The van der Waals surface area contributed by atoms with Gasteiger partial charge >= 0.3 is 0 Å². The Bertz CT molecular complexity index is 422. The summed E-state index contributed by atoms with van der Waals surface area (Å²) < 4.78 is 0.733. The van der Waals surface area contributed by atoms with Crippen LogP contribution in [-0.4, -0.2) is 17.4 Å². The van der Waals surface area contributed by atoms with E-state index in [2.05, 4.69) is 5.32 Å². The van der Waals surface area contributed by atoms with Crippen molar-refractivity contribution in [2.75, 3.05) is 11.9 Å². The molecule has 1 aromatic rings. The molecular formula is C9H10IN3O3. The molecule has 7 heteroatoms. The summed E-state index contributed by atoms with van der Waals surface area (Å²) >= 11 is 1.99. The number of non-ortho nitro benzene ring substituents is 1. The van der Waals surface area contributed by atoms with E-state index in [0.717, 1.165) is 9.26 Å². The number of hydrogen-bond acceptors (Lipinski definition) is 4. The standard InChI is InChI=1S/C9H10IN3O3/c10-7-5-6(13(15)16)1-2-8(7)12-4-3-9(11)14/h1-2,5,12H,3-4H2,(H2,11,14). The van der Waals surface area contributed by atoms with Crippen molar-refractivity contribution in [3.05, 3.63) is 31.9 Å². The molecule has 1 rings (SSSR count). The number of benzene rings is 1. The summed E-state index contributed by atoms with van der Waals surface area (Å²) in [7, 11) is 0. The predicted molar refractivity (Wildman–Crippen MR) is 68.1 cm³/mol. The Hall–Kier alpha value is -1.38. The average Bonchev–Trinajstić information content (AvgIpc) is 2.19. The van der Waals surface area contributed by atoms with E-state index in [0.29, 0.717) is 6.54 Å². The van der Waals surface area contributed by atoms with E-state index in [4.69, 9.17) is 5.73 Å². The van der Waals surface area contributed by atoms with Crippen molar-refractivity contribution >= 4 is 39.9 Å². The van der Waals surface area contributed by atoms with Crippen molar-refractivity contribution in [3.8, 4) is 0 Å². The van der Waals surface area contributed by atoms with E-state index in [-0.39, 0.29) is 18.0 Å². The van der Waals surface area contributed by atoms with Crippen molar-refractivity contribution in [3.63, 3.8) is 0 Å². The number of halogens is 1. The Kier molecular flexibility index (Phi) is 4.47. The van der Waals surface area contributed by atoms with E-state index in [1.807, 2.05) is 22.6 Å². The van der Waals surface area contributed by atoms with Gasteiger partial charge in [-0.05, 0) is 28.7 Å². The SMILES string of the molecule is NC(=O)CCNc1ccc([N+](=O)[O-])cc1I. The second-order valence-electron chi connectivity index (χ2n) is 3.06. The van der Waals surface area contributed by atoms with Gasteiger partial charge in [0.05, 0.1) is 4.92 Å². The highest BCUT2D eigenvalue weighted by Crippen LogP contribution is 2.23. The van der Waals surface area contributed by atoms with Crippen LogP contribution in [-0.2, 0) is 4.79 Å². The molecule has 0 saturated carbocycles. The van der Waals surface area contributed by atoms with E-state index < -0.39 is 4.92 Å². The monoisotopic (exact) mass is 335 g/mol. The Morgan fingerprint density at radius 3 is 2.75 bits per heavy atom. The van der Waals surface area contributed by atoms with E-state index in [9.17, 15) is 14.9 Å². The number of hydrogen-bond donors (Lipinski definition) is 2. The minimum Gasteiger partial charge on any atom is -0.384 e. The molecule has 86 valence electrons. The van der Waals surface area contributed by atoms with Gasteiger partial charge in [-0.1, -0.05) is 0 Å². The minimum absolute atomic E-state index is 0.0462. The molecule has 0 aliphatic rings. The molecule has 0 heterocycles. The van der Waals surface area contributed by atoms with Gasteiger partial charge < -0.3 is 11.1 Å². The van der Waals surface area contributed by atoms with Crippen LogP contribution in [0.4, 0.5) is 11.4 Å². The molecule has 1 amide bonds. The van der Waals surface area contributed by atoms with Crippen LogP contribution in [0.15, 0.2) is 18.2 Å². The zero-order valence-electron chi connectivity index (χ0n) is 8.27. The van der Waals surface area contributed by atoms with E-state index >= 15 is 0 Å². The lowest BCUT2D eigenvalue weighted by molar-refractivity contribution is -0.384. The number of carbonyl (C=O) groups excluding carboxylic acids is 1. The van der Waals surface area contributed by atoms with Crippen LogP contribution in [0.3, 0.4) is 0 Å². The maximum Gasteiger partial charge on any atom is 0.270 e. The molecule has 0 radical (unpaired) electrons. The zero-order valence-corrected chi connectivity index (χ0v) is 10.4. The maximum absolute atomic E-state index is 10.5. The summed E-state index contributed by atoms with van der Waals surface area (Å²) in [5.74, 6) is -0.385. The largest absolute Gasteiger partial charge is 0.384 e. The second-order valence-corrected chi connectivity index (χ2v) is 4.23. The number of amides is 1. The number of nitro groups is 1. The Labute approximate surface area is 105 Å². The summed E-state index contributed by atoms with van der Waals surface area (Å²) in [5.41, 5.74) is 5.79. The molecule has 0 spiro atoms. The van der Waals surface area contributed by atoms with Gasteiger partial charge in [0.2, 0.25) is 5.91 Å². The van der Waals surface area contributed by atoms with Crippen molar-refractivity contribution in [2.45, 2.75) is 6.42 Å². The number of nitro benzene ring substituents is 1. The normalized spacial score (nSPS) is 9.81. The fraction of sp³-hybridized carbons (Fsp3) is 0.222. The van der Waals surface area contributed by atoms with Gasteiger partial charge in [-0.2, -0.15) is 0 Å². The molecule has 16 heavy (non-hydrogen) atoms. The summed E-state index contributed by atoms with van der Waals surface area (Å²) in [6.07, 6.45) is 0.229. The van der Waals surface area contributed by atoms with Crippen LogP contribution in [0.5, 0.6) is 0 Å². The summed E-state index contributed by atoms with van der Waals surface area (Å²) in [6, 6.07) is 4.49. The van der Waals surface area contributed by atoms with Crippen LogP contribution >= 0.6 is 22.6 Å². The van der Waals surface area contributed by atoms with Crippen LogP contribution < -0.4 is 11.1 Å². The number of nitrogens with one attached hydrogen (secondary N) is 1. The first kappa shape index (κ1) is 12.7. The summed E-state index contributed by atoms with van der Waals surface area (Å²) in [5, 5.41) is 13.5. The zero-order chi connectivity index (χ0) is 12.1. The Morgan fingerprint density at radius 1 is 1.56 bits per heavy atom. The van der Waals surface area contributed by atoms with Gasteiger partial charge in [-0.25, -0.2) is 0 Å². The molecule has 0 aromatic heterocycles. The third kappa shape index (κ3) is 3.65. The van der Waals surface area contributed by atoms with E-state index in [1.165, 1.54) is 12.1 Å². The quantitative estimate of drug-likeness (QED) is 0.484. The lowest BCUT2D eigenvalue weighted by atomic mass is 10.3. The second kappa shape index (κ2) is 5.64. The topological polar surface area (TPSA) is 98.3 Å². The number of rotatable bonds is 5. The van der Waals surface area contributed by atoms with Crippen molar-refractivity contribution < 1.29 is 9.72 Å². The van der Waals surface area contributed by atoms with Crippen molar-refractivity contribution in [2.24, 2.45) is 5.73 Å². The smallest absolute Gasteiger partial charge is 0.270 e. The first-order valence-corrected chi connectivity index (χ1v) is 5.54. The van der Waals surface area contributed by atoms with Crippen molar-refractivity contribution in [1.29, 1.82) is 0 Å². The summed E-state index contributed by atoms with van der Waals surface area (Å²) in [6.45, 7) is 0.420. The van der Waals surface area contributed by atoms with Gasteiger partial charge in [0.1, 0.15) is 0 Å². The minimum atomic E-state index is -0.449. The van der Waals surface area contributed by atoms with Crippen LogP contribution in [0.2, 0.25) is 0 Å². The molecule has 0 bridgehead atoms. The number of primary amides is 1.